The van der Waals surface area contributed by atoms with Crippen LogP contribution in [0.25, 0.3) is 11.2 Å². The summed E-state index contributed by atoms with van der Waals surface area (Å²) < 4.78 is 1.80. The first kappa shape index (κ1) is 9.57. The van der Waals surface area contributed by atoms with E-state index in [1.54, 1.807) is 17.8 Å². The predicted octanol–water partition coefficient (Wildman–Crippen LogP) is 0.388. The summed E-state index contributed by atoms with van der Waals surface area (Å²) in [7, 11) is 0. The summed E-state index contributed by atoms with van der Waals surface area (Å²) in [6, 6.07) is 0. The molecule has 0 aliphatic rings. The van der Waals surface area contributed by atoms with E-state index in [4.69, 9.17) is 5.73 Å². The molecule has 6 nitrogen and oxygen atoms in total. The Hall–Kier alpha value is -1.98. The highest BCUT2D eigenvalue weighted by atomic mass is 16.1. The Morgan fingerprint density at radius 3 is 3.00 bits per heavy atom. The van der Waals surface area contributed by atoms with E-state index in [-0.39, 0.29) is 5.78 Å². The lowest BCUT2D eigenvalue weighted by atomic mass is 10.3. The van der Waals surface area contributed by atoms with Crippen molar-refractivity contribution in [3.8, 4) is 0 Å². The van der Waals surface area contributed by atoms with Crippen LogP contribution in [0.5, 0.6) is 0 Å². The zero-order valence-corrected chi connectivity index (χ0v) is 8.34. The second-order valence-electron chi connectivity index (χ2n) is 3.32. The van der Waals surface area contributed by atoms with Crippen LogP contribution >= 0.6 is 0 Å². The number of fused-ring (bicyclic) bond motifs is 1. The van der Waals surface area contributed by atoms with E-state index < -0.39 is 0 Å². The number of carbonyl (C=O) groups excluding carboxylic acids is 1. The fourth-order valence-electron chi connectivity index (χ4n) is 1.34. The van der Waals surface area contributed by atoms with Crippen molar-refractivity contribution in [3.63, 3.8) is 0 Å². The number of Topliss-reactive ketones (excluding diaryl/α,β-unsaturated/α-hetero) is 1. The number of aryl methyl sites for hydroxylation is 1. The van der Waals surface area contributed by atoms with Crippen LogP contribution in [0.3, 0.4) is 0 Å². The SMILES string of the molecule is CC(=O)CCn1cnc2c(N)ncnc21. The monoisotopic (exact) mass is 205 g/mol. The average Bonchev–Trinajstić information content (AvgIpc) is 2.59. The minimum atomic E-state index is 0.138. The summed E-state index contributed by atoms with van der Waals surface area (Å²) in [6.45, 7) is 2.13. The van der Waals surface area contributed by atoms with Gasteiger partial charge in [0, 0.05) is 13.0 Å². The second kappa shape index (κ2) is 3.64. The van der Waals surface area contributed by atoms with Crippen molar-refractivity contribution in [2.75, 3.05) is 5.73 Å². The number of hydrogen-bond donors (Lipinski definition) is 1. The number of imidazole rings is 1. The Kier molecular flexibility index (Phi) is 2.32. The van der Waals surface area contributed by atoms with Crippen molar-refractivity contribution in [1.82, 2.24) is 19.5 Å². The molecule has 0 saturated carbocycles. The van der Waals surface area contributed by atoms with Crippen molar-refractivity contribution in [2.24, 2.45) is 0 Å². The van der Waals surface area contributed by atoms with E-state index >= 15 is 0 Å². The smallest absolute Gasteiger partial charge is 0.165 e. The van der Waals surface area contributed by atoms with Crippen LogP contribution in [0.2, 0.25) is 0 Å². The van der Waals surface area contributed by atoms with Gasteiger partial charge in [-0.1, -0.05) is 0 Å². The Balaban J connectivity index is 2.37. The van der Waals surface area contributed by atoms with Gasteiger partial charge in [0.15, 0.2) is 11.5 Å². The molecule has 78 valence electrons. The largest absolute Gasteiger partial charge is 0.382 e. The van der Waals surface area contributed by atoms with E-state index in [2.05, 4.69) is 15.0 Å². The second-order valence-corrected chi connectivity index (χ2v) is 3.32. The zero-order valence-electron chi connectivity index (χ0n) is 8.34. The van der Waals surface area contributed by atoms with Crippen LogP contribution in [-0.2, 0) is 11.3 Å². The molecule has 2 heterocycles. The lowest BCUT2D eigenvalue weighted by Gasteiger charge is -2.00. The van der Waals surface area contributed by atoms with Gasteiger partial charge in [-0.2, -0.15) is 0 Å². The summed E-state index contributed by atoms with van der Waals surface area (Å²) in [5.41, 5.74) is 6.89. The van der Waals surface area contributed by atoms with Crippen molar-refractivity contribution < 1.29 is 4.79 Å². The highest BCUT2D eigenvalue weighted by Crippen LogP contribution is 2.14. The predicted molar refractivity (Wildman–Crippen MR) is 55.0 cm³/mol. The Labute approximate surface area is 86.2 Å². The maximum atomic E-state index is 10.9. The first-order valence-electron chi connectivity index (χ1n) is 4.59. The van der Waals surface area contributed by atoms with Crippen molar-refractivity contribution in [1.29, 1.82) is 0 Å². The molecule has 0 radical (unpaired) electrons. The molecule has 0 aliphatic carbocycles. The summed E-state index contributed by atoms with van der Waals surface area (Å²) in [5, 5.41) is 0. The third kappa shape index (κ3) is 1.78. The topological polar surface area (TPSA) is 86.7 Å². The fraction of sp³-hybridized carbons (Fsp3) is 0.333. The summed E-state index contributed by atoms with van der Waals surface area (Å²) in [4.78, 5) is 22.9. The molecule has 0 unspecified atom stereocenters. The molecule has 0 aromatic carbocycles. The summed E-state index contributed by atoms with van der Waals surface area (Å²) in [6.07, 6.45) is 3.48. The van der Waals surface area contributed by atoms with Crippen LogP contribution < -0.4 is 5.73 Å². The molecular formula is C9H11N5O. The van der Waals surface area contributed by atoms with Crippen LogP contribution in [0.15, 0.2) is 12.7 Å². The minimum Gasteiger partial charge on any atom is -0.382 e. The minimum absolute atomic E-state index is 0.138. The number of ketones is 1. The maximum Gasteiger partial charge on any atom is 0.165 e. The highest BCUT2D eigenvalue weighted by molar-refractivity contribution is 5.81. The normalized spacial score (nSPS) is 10.7. The lowest BCUT2D eigenvalue weighted by Crippen LogP contribution is -2.02. The van der Waals surface area contributed by atoms with E-state index in [1.807, 2.05) is 0 Å². The number of hydrogen-bond acceptors (Lipinski definition) is 5. The van der Waals surface area contributed by atoms with E-state index in [1.165, 1.54) is 6.33 Å². The van der Waals surface area contributed by atoms with Gasteiger partial charge < -0.3 is 10.3 Å². The Bertz CT molecular complexity index is 504. The molecule has 15 heavy (non-hydrogen) atoms. The van der Waals surface area contributed by atoms with Gasteiger partial charge in [0.05, 0.1) is 6.33 Å². The average molecular weight is 205 g/mol. The number of rotatable bonds is 3. The molecule has 0 amide bonds. The quantitative estimate of drug-likeness (QED) is 0.783. The molecule has 6 heteroatoms. The van der Waals surface area contributed by atoms with Gasteiger partial charge in [0.1, 0.15) is 17.6 Å². The molecule has 0 bridgehead atoms. The first-order valence-corrected chi connectivity index (χ1v) is 4.59. The van der Waals surface area contributed by atoms with E-state index in [9.17, 15) is 4.79 Å². The highest BCUT2D eigenvalue weighted by Gasteiger charge is 2.07. The third-order valence-electron chi connectivity index (χ3n) is 2.13. The molecule has 2 rings (SSSR count). The summed E-state index contributed by atoms with van der Waals surface area (Å²) in [5.74, 6) is 0.500. The van der Waals surface area contributed by atoms with Gasteiger partial charge in [-0.25, -0.2) is 15.0 Å². The first-order chi connectivity index (χ1) is 7.18. The van der Waals surface area contributed by atoms with Gasteiger partial charge in [-0.05, 0) is 6.92 Å². The molecule has 0 fully saturated rings. The summed E-state index contributed by atoms with van der Waals surface area (Å²) >= 11 is 0. The molecule has 2 N–H and O–H groups in total. The Morgan fingerprint density at radius 1 is 1.47 bits per heavy atom. The van der Waals surface area contributed by atoms with Gasteiger partial charge >= 0.3 is 0 Å². The molecule has 0 atom stereocenters. The van der Waals surface area contributed by atoms with Gasteiger partial charge in [0.2, 0.25) is 0 Å². The van der Waals surface area contributed by atoms with Crippen molar-refractivity contribution in [2.45, 2.75) is 19.9 Å². The Morgan fingerprint density at radius 2 is 2.27 bits per heavy atom. The number of nitrogens with two attached hydrogens (primary N) is 1. The fourth-order valence-corrected chi connectivity index (χ4v) is 1.34. The molecule has 2 aromatic heterocycles. The number of aromatic nitrogens is 4. The molecular weight excluding hydrogens is 194 g/mol. The number of carbonyl (C=O) groups is 1. The van der Waals surface area contributed by atoms with Crippen molar-refractivity contribution >= 4 is 22.8 Å². The molecule has 2 aromatic rings. The zero-order chi connectivity index (χ0) is 10.8. The molecule has 0 aliphatic heterocycles. The number of anilines is 1. The number of nitrogen functional groups attached to an aromatic ring is 1. The number of nitrogens with zero attached hydrogens (tertiary/aromatic N) is 4. The van der Waals surface area contributed by atoms with Gasteiger partial charge in [-0.15, -0.1) is 0 Å². The molecule has 0 spiro atoms. The standard InChI is InChI=1S/C9H11N5O/c1-6(15)2-3-14-5-13-7-8(10)11-4-12-9(7)14/h4-5H,2-3H2,1H3,(H2,10,11,12). The van der Waals surface area contributed by atoms with Crippen LogP contribution in [0.1, 0.15) is 13.3 Å². The van der Waals surface area contributed by atoms with E-state index in [0.717, 1.165) is 0 Å². The maximum absolute atomic E-state index is 10.9. The van der Waals surface area contributed by atoms with E-state index in [0.29, 0.717) is 29.9 Å². The van der Waals surface area contributed by atoms with Crippen LogP contribution in [-0.4, -0.2) is 25.3 Å². The third-order valence-corrected chi connectivity index (χ3v) is 2.13. The van der Waals surface area contributed by atoms with Gasteiger partial charge in [0.25, 0.3) is 0 Å². The molecule has 0 saturated heterocycles. The van der Waals surface area contributed by atoms with Gasteiger partial charge in [-0.3, -0.25) is 4.79 Å². The van der Waals surface area contributed by atoms with Crippen LogP contribution in [0, 0.1) is 0 Å². The van der Waals surface area contributed by atoms with Crippen molar-refractivity contribution in [3.05, 3.63) is 12.7 Å². The van der Waals surface area contributed by atoms with Crippen LogP contribution in [0.4, 0.5) is 5.82 Å². The lowest BCUT2D eigenvalue weighted by molar-refractivity contribution is -0.117.